The first-order valence-electron chi connectivity index (χ1n) is 26.4. The predicted molar refractivity (Wildman–Crippen MR) is 303 cm³/mol. The molecule has 28 heteroatoms. The Hall–Kier alpha value is -7.28. The van der Waals surface area contributed by atoms with Gasteiger partial charge in [0.05, 0.1) is 49.0 Å². The van der Waals surface area contributed by atoms with E-state index in [-0.39, 0.29) is 68.3 Å². The van der Waals surface area contributed by atoms with Crippen molar-refractivity contribution >= 4 is 11.9 Å². The van der Waals surface area contributed by atoms with Crippen LogP contribution in [-0.2, 0) is 185 Å². The van der Waals surface area contributed by atoms with Crippen molar-refractivity contribution in [2.75, 3.05) is 0 Å². The molecule has 10 aromatic rings. The molecule has 10 aromatic heterocycles. The van der Waals surface area contributed by atoms with Gasteiger partial charge in [-0.05, 0) is 48.5 Å². The van der Waals surface area contributed by atoms with Crippen molar-refractivity contribution in [1.82, 2.24) is 98.1 Å². The van der Waals surface area contributed by atoms with Gasteiger partial charge in [0, 0.05) is 214 Å². The summed E-state index contributed by atoms with van der Waals surface area (Å²) in [6.45, 7) is 10.3. The standard InChI is InChI=1S/C29H29N8.C25H33N12.2C2H4O2.4Mn/c1-5-13-30-24(9-1)18-36(19-25-10-2-6-14-31-25)22-28-17-29(35-34-28)23-37(20-26-11-3-7-15-32-26)21-27-12-4-8-16-33-27;1-32-9-5-26-22(32)16-36(17-23-27-6-10-33(23)2)14-20-13-21(31-30-20)15-37(18-24-28-7-11-34(24)3)19-25-29-8-12-35(25)4;2*1-2(3)4;;;;/h1-17H,18-23H2;5-13H,14-19H2,1-4H3;2*1H3,(H,3,4);;;;/q2*-1;;;;;2*+2. The summed E-state index contributed by atoms with van der Waals surface area (Å²) in [5, 5.41) is 32.9. The van der Waals surface area contributed by atoms with Crippen molar-refractivity contribution in [3.8, 4) is 0 Å². The Morgan fingerprint density at radius 2 is 0.605 bits per heavy atom. The number of aryl methyl sites for hydroxylation is 4. The molecule has 10 heterocycles. The first-order chi connectivity index (χ1) is 39.7. The van der Waals surface area contributed by atoms with Crippen LogP contribution in [-0.4, -0.2) is 110 Å². The number of hydrogen-bond acceptors (Lipinski definition) is 16. The Kier molecular flexibility index (Phi) is 32.8. The van der Waals surface area contributed by atoms with Crippen LogP contribution in [0.1, 0.15) is 82.7 Å². The minimum atomic E-state index is -0.833. The van der Waals surface area contributed by atoms with E-state index in [1.807, 2.05) is 194 Å². The molecule has 4 radical (unpaired) electrons. The third-order valence-corrected chi connectivity index (χ3v) is 12.4. The van der Waals surface area contributed by atoms with Gasteiger partial charge < -0.3 is 48.9 Å². The Labute approximate surface area is 543 Å². The van der Waals surface area contributed by atoms with Crippen molar-refractivity contribution in [2.45, 2.75) is 92.4 Å². The minimum absolute atomic E-state index is 0. The van der Waals surface area contributed by atoms with E-state index < -0.39 is 11.9 Å². The van der Waals surface area contributed by atoms with Crippen LogP contribution in [0.2, 0.25) is 0 Å². The number of pyridine rings is 4. The molecular formula is C58H70Mn4N20O4+2. The molecule has 0 atom stereocenters. The number of imidazole rings is 4. The van der Waals surface area contributed by atoms with Gasteiger partial charge in [-0.3, -0.25) is 49.1 Å². The molecule has 452 valence electrons. The summed E-state index contributed by atoms with van der Waals surface area (Å²) < 4.78 is 8.17. The van der Waals surface area contributed by atoms with Crippen molar-refractivity contribution in [2.24, 2.45) is 28.2 Å². The topological polar surface area (TPSA) is 264 Å². The van der Waals surface area contributed by atoms with E-state index in [0.717, 1.165) is 82.7 Å². The largest absolute Gasteiger partial charge is 2.00 e. The molecule has 0 saturated carbocycles. The summed E-state index contributed by atoms with van der Waals surface area (Å²) in [7, 11) is 8.05. The zero-order valence-electron chi connectivity index (χ0n) is 48.7. The second kappa shape index (κ2) is 38.7. The molecule has 86 heavy (non-hydrogen) atoms. The SMILES string of the molecule is CC(=O)O.CC(=O)O.Cn1ccnc1CN(Cc1cc(CN(Cc2nccn2C)Cc2nccn2C)[n-]n1)Cc1nccn1C.[Mn+2].[Mn+2].[Mn].[Mn].c1ccc(CN(Cc2ccccn2)Cc2cc(CN(Cc3ccccn3)Cc3ccccn3)[n-]n2)nc1. The molecule has 0 saturated heterocycles. The first kappa shape index (κ1) is 73.0. The van der Waals surface area contributed by atoms with Gasteiger partial charge >= 0.3 is 34.1 Å². The minimum Gasteiger partial charge on any atom is -0.578 e. The Morgan fingerprint density at radius 1 is 0.372 bits per heavy atom. The van der Waals surface area contributed by atoms with Gasteiger partial charge in [-0.15, -0.1) is 11.4 Å². The average Bonchev–Trinajstić information content (AvgIpc) is 3.74. The molecule has 0 amide bonds. The van der Waals surface area contributed by atoms with Gasteiger partial charge in [0.25, 0.3) is 11.9 Å². The molecule has 10 rings (SSSR count). The predicted octanol–water partition coefficient (Wildman–Crippen LogP) is 5.57. The molecular weight excluding hydrogens is 1260 g/mol. The number of nitrogens with zero attached hydrogens (tertiary/aromatic N) is 20. The number of aliphatic carboxylic acids is 2. The van der Waals surface area contributed by atoms with Crippen molar-refractivity contribution in [1.29, 1.82) is 0 Å². The summed E-state index contributed by atoms with van der Waals surface area (Å²) >= 11 is 0. The van der Waals surface area contributed by atoms with Crippen LogP contribution in [0.4, 0.5) is 0 Å². The summed E-state index contributed by atoms with van der Waals surface area (Å²) in [5.41, 5.74) is 7.74. The Morgan fingerprint density at radius 3 is 0.837 bits per heavy atom. The maximum Gasteiger partial charge on any atom is 2.00 e. The van der Waals surface area contributed by atoms with Gasteiger partial charge in [0.15, 0.2) is 0 Å². The van der Waals surface area contributed by atoms with Gasteiger partial charge in [0.1, 0.15) is 23.3 Å². The molecule has 0 spiro atoms. The smallest absolute Gasteiger partial charge is 0.578 e. The third kappa shape index (κ3) is 25.7. The zero-order chi connectivity index (χ0) is 58.1. The quantitative estimate of drug-likeness (QED) is 0.0700. The van der Waals surface area contributed by atoms with Crippen LogP contribution < -0.4 is 10.2 Å². The Balaban J connectivity index is 0.000000384. The molecule has 0 fully saturated rings. The molecule has 2 N–H and O–H groups in total. The summed E-state index contributed by atoms with van der Waals surface area (Å²) in [6.07, 6.45) is 22.5. The molecule has 0 aliphatic rings. The fraction of sp³-hybridized carbons (Fsp3) is 0.310. The third-order valence-electron chi connectivity index (χ3n) is 12.4. The molecule has 0 aliphatic carbocycles. The van der Waals surface area contributed by atoms with E-state index in [0.29, 0.717) is 78.5 Å². The molecule has 0 bridgehead atoms. The maximum atomic E-state index is 9.00. The van der Waals surface area contributed by atoms with Crippen LogP contribution in [0, 0.1) is 0 Å². The summed E-state index contributed by atoms with van der Waals surface area (Å²) in [5.74, 6) is 2.30. The Bertz CT molecular complexity index is 3040. The van der Waals surface area contributed by atoms with Crippen molar-refractivity contribution in [3.05, 3.63) is 228 Å². The van der Waals surface area contributed by atoms with Crippen LogP contribution >= 0.6 is 0 Å². The van der Waals surface area contributed by atoms with E-state index in [4.69, 9.17) is 19.8 Å². The number of hydrogen-bond donors (Lipinski definition) is 2. The monoisotopic (exact) mass is 1330 g/mol. The number of aromatic nitrogens is 16. The van der Waals surface area contributed by atoms with E-state index >= 15 is 0 Å². The fourth-order valence-electron chi connectivity index (χ4n) is 8.53. The molecule has 0 unspecified atom stereocenters. The normalized spacial score (nSPS) is 10.5. The van der Waals surface area contributed by atoms with Crippen LogP contribution in [0.5, 0.6) is 0 Å². The van der Waals surface area contributed by atoms with Gasteiger partial charge in [-0.25, -0.2) is 19.9 Å². The van der Waals surface area contributed by atoms with Gasteiger partial charge in [-0.2, -0.15) is 0 Å². The van der Waals surface area contributed by atoms with E-state index in [1.54, 1.807) is 0 Å². The average molecular weight is 1330 g/mol. The van der Waals surface area contributed by atoms with Crippen molar-refractivity contribution in [3.63, 3.8) is 0 Å². The van der Waals surface area contributed by atoms with Crippen molar-refractivity contribution < 1.29 is 88.1 Å². The number of carboxylic acid groups (broad SMARTS) is 2. The van der Waals surface area contributed by atoms with E-state index in [2.05, 4.69) is 92.0 Å². The number of carbonyl (C=O) groups is 2. The van der Waals surface area contributed by atoms with Gasteiger partial charge in [0.2, 0.25) is 0 Å². The molecule has 0 aliphatic heterocycles. The fourth-order valence-corrected chi connectivity index (χ4v) is 8.53. The first-order valence-corrected chi connectivity index (χ1v) is 26.4. The summed E-state index contributed by atoms with van der Waals surface area (Å²) in [4.78, 5) is 63.3. The number of rotatable bonds is 24. The van der Waals surface area contributed by atoms with Gasteiger partial charge in [-0.1, -0.05) is 36.4 Å². The number of carboxylic acids is 2. The second-order valence-electron chi connectivity index (χ2n) is 19.4. The zero-order valence-corrected chi connectivity index (χ0v) is 53.4. The second-order valence-corrected chi connectivity index (χ2v) is 19.4. The van der Waals surface area contributed by atoms with Crippen LogP contribution in [0.25, 0.3) is 0 Å². The van der Waals surface area contributed by atoms with Crippen LogP contribution in [0.15, 0.2) is 159 Å². The molecule has 0 aromatic carbocycles. The van der Waals surface area contributed by atoms with E-state index in [1.165, 1.54) is 0 Å². The maximum absolute atomic E-state index is 9.00. The van der Waals surface area contributed by atoms with E-state index in [9.17, 15) is 0 Å². The summed E-state index contributed by atoms with van der Waals surface area (Å²) in [6, 6.07) is 28.1. The van der Waals surface area contributed by atoms with Crippen LogP contribution in [0.3, 0.4) is 0 Å². The molecule has 24 nitrogen and oxygen atoms in total.